The van der Waals surface area contributed by atoms with E-state index in [1.807, 2.05) is 13.8 Å². The zero-order chi connectivity index (χ0) is 20.8. The molecule has 0 aliphatic heterocycles. The van der Waals surface area contributed by atoms with Gasteiger partial charge in [0.2, 0.25) is 0 Å². The summed E-state index contributed by atoms with van der Waals surface area (Å²) < 4.78 is 6.80. The minimum Gasteiger partial charge on any atom is -0.505 e. The first-order valence-corrected chi connectivity index (χ1v) is 9.90. The number of hydrogen-bond acceptors (Lipinski definition) is 9. The summed E-state index contributed by atoms with van der Waals surface area (Å²) in [6, 6.07) is 3.01. The molecule has 2 aromatic rings. The van der Waals surface area contributed by atoms with E-state index in [0.29, 0.717) is 29.6 Å². The number of hydrogen-bond donors (Lipinski definition) is 3. The lowest BCUT2D eigenvalue weighted by molar-refractivity contribution is -0.0146. The SMILES string of the molecule is CCOCC(CC)Nc1c(Nc2ccc(Cl)c(SN(C)OC)c2O)c(=O)c1=O. The van der Waals surface area contributed by atoms with Gasteiger partial charge >= 0.3 is 0 Å². The van der Waals surface area contributed by atoms with Crippen molar-refractivity contribution in [2.45, 2.75) is 31.2 Å². The number of hydroxylamine groups is 1. The highest BCUT2D eigenvalue weighted by Gasteiger charge is 2.25. The van der Waals surface area contributed by atoms with Crippen LogP contribution in [0.2, 0.25) is 5.02 Å². The van der Waals surface area contributed by atoms with Gasteiger partial charge in [0.15, 0.2) is 5.75 Å². The van der Waals surface area contributed by atoms with Crippen molar-refractivity contribution in [3.05, 3.63) is 37.6 Å². The van der Waals surface area contributed by atoms with Gasteiger partial charge in [0.25, 0.3) is 10.9 Å². The molecular formula is C18H24ClN3O5S. The Morgan fingerprint density at radius 3 is 2.54 bits per heavy atom. The van der Waals surface area contributed by atoms with Gasteiger partial charge in [0.05, 0.1) is 29.3 Å². The monoisotopic (exact) mass is 429 g/mol. The van der Waals surface area contributed by atoms with Crippen molar-refractivity contribution in [1.82, 2.24) is 4.47 Å². The van der Waals surface area contributed by atoms with Crippen molar-refractivity contribution in [3.8, 4) is 5.75 Å². The van der Waals surface area contributed by atoms with Crippen molar-refractivity contribution < 1.29 is 14.7 Å². The molecule has 8 nitrogen and oxygen atoms in total. The highest BCUT2D eigenvalue weighted by Crippen LogP contribution is 2.42. The standard InChI is InChI=1S/C18H24ClN3O5S/c1-5-10(9-27-6-2)20-13-14(17(25)16(13)24)21-12-8-7-11(19)18(15(12)23)28-22(3)26-4/h7-8,10,20-21,23H,5-6,9H2,1-4H3. The van der Waals surface area contributed by atoms with E-state index in [4.69, 9.17) is 21.2 Å². The molecule has 0 radical (unpaired) electrons. The zero-order valence-electron chi connectivity index (χ0n) is 16.2. The van der Waals surface area contributed by atoms with Crippen LogP contribution in [0.25, 0.3) is 0 Å². The number of nitrogens with one attached hydrogen (secondary N) is 2. The van der Waals surface area contributed by atoms with Crippen molar-refractivity contribution in [1.29, 1.82) is 0 Å². The molecule has 0 aliphatic rings. The lowest BCUT2D eigenvalue weighted by Crippen LogP contribution is -2.40. The molecule has 154 valence electrons. The second kappa shape index (κ2) is 10.1. The quantitative estimate of drug-likeness (QED) is 0.215. The molecule has 0 spiro atoms. The summed E-state index contributed by atoms with van der Waals surface area (Å²) in [6.07, 6.45) is 0.717. The van der Waals surface area contributed by atoms with Crippen LogP contribution in [0.1, 0.15) is 20.3 Å². The minimum absolute atomic E-state index is 0.105. The summed E-state index contributed by atoms with van der Waals surface area (Å²) in [6.45, 7) is 4.82. The van der Waals surface area contributed by atoms with Gasteiger partial charge in [0.1, 0.15) is 11.4 Å². The van der Waals surface area contributed by atoms with E-state index in [9.17, 15) is 14.7 Å². The lowest BCUT2D eigenvalue weighted by atomic mass is 10.1. The number of benzene rings is 1. The second-order valence-corrected chi connectivity index (χ2v) is 7.44. The van der Waals surface area contributed by atoms with Crippen LogP contribution >= 0.6 is 23.5 Å². The van der Waals surface area contributed by atoms with E-state index in [2.05, 4.69) is 10.6 Å². The highest BCUT2D eigenvalue weighted by atomic mass is 35.5. The number of rotatable bonds is 11. The van der Waals surface area contributed by atoms with Gasteiger partial charge in [-0.3, -0.25) is 14.4 Å². The fraction of sp³-hybridized carbons (Fsp3) is 0.444. The van der Waals surface area contributed by atoms with Gasteiger partial charge in [0, 0.05) is 19.7 Å². The Morgan fingerprint density at radius 1 is 1.25 bits per heavy atom. The third kappa shape index (κ3) is 4.98. The van der Waals surface area contributed by atoms with Crippen LogP contribution in [0, 0.1) is 0 Å². The molecule has 0 saturated heterocycles. The summed E-state index contributed by atoms with van der Waals surface area (Å²) in [5, 5.41) is 16.8. The molecule has 3 N–H and O–H groups in total. The molecule has 0 aromatic heterocycles. The molecule has 2 aromatic carbocycles. The molecule has 0 saturated carbocycles. The molecule has 1 atom stereocenters. The maximum Gasteiger partial charge on any atom is 0.253 e. The molecule has 0 aliphatic carbocycles. The first-order chi connectivity index (χ1) is 13.3. The molecule has 2 rings (SSSR count). The summed E-state index contributed by atoms with van der Waals surface area (Å²) in [4.78, 5) is 29.5. The van der Waals surface area contributed by atoms with Crippen molar-refractivity contribution >= 4 is 40.6 Å². The number of ether oxygens (including phenoxy) is 1. The van der Waals surface area contributed by atoms with Crippen LogP contribution < -0.4 is 21.5 Å². The van der Waals surface area contributed by atoms with Crippen molar-refractivity contribution in [2.24, 2.45) is 0 Å². The predicted molar refractivity (Wildman–Crippen MR) is 113 cm³/mol. The second-order valence-electron chi connectivity index (χ2n) is 5.93. The molecule has 0 bridgehead atoms. The molecular weight excluding hydrogens is 406 g/mol. The summed E-state index contributed by atoms with van der Waals surface area (Å²) in [5.41, 5.74) is -0.696. The summed E-state index contributed by atoms with van der Waals surface area (Å²) in [5.74, 6) is -0.151. The first kappa shape index (κ1) is 22.5. The van der Waals surface area contributed by atoms with Crippen LogP contribution in [-0.4, -0.2) is 43.0 Å². The van der Waals surface area contributed by atoms with Gasteiger partial charge in [-0.15, -0.1) is 4.47 Å². The highest BCUT2D eigenvalue weighted by molar-refractivity contribution is 7.97. The Morgan fingerprint density at radius 2 is 1.93 bits per heavy atom. The summed E-state index contributed by atoms with van der Waals surface area (Å²) >= 11 is 7.23. The summed E-state index contributed by atoms with van der Waals surface area (Å²) in [7, 11) is 3.14. The van der Waals surface area contributed by atoms with Crippen LogP contribution in [0.5, 0.6) is 5.75 Å². The number of aromatic hydroxyl groups is 1. The van der Waals surface area contributed by atoms with E-state index in [0.717, 1.165) is 11.9 Å². The topological polar surface area (TPSA) is 100 Å². The molecule has 1 unspecified atom stereocenters. The average molecular weight is 430 g/mol. The first-order valence-electron chi connectivity index (χ1n) is 8.75. The third-order valence-electron chi connectivity index (χ3n) is 4.09. The maximum absolute atomic E-state index is 12.1. The normalized spacial score (nSPS) is 12.5. The fourth-order valence-electron chi connectivity index (χ4n) is 2.41. The zero-order valence-corrected chi connectivity index (χ0v) is 17.7. The van der Waals surface area contributed by atoms with Crippen LogP contribution in [0.3, 0.4) is 0 Å². The number of phenols is 1. The Hall–Kier alpha value is -1.78. The smallest absolute Gasteiger partial charge is 0.253 e. The molecule has 0 heterocycles. The van der Waals surface area contributed by atoms with E-state index in [1.54, 1.807) is 13.1 Å². The number of nitrogens with zero attached hydrogens (tertiary/aromatic N) is 1. The number of phenolic OH excluding ortho intramolecular Hbond substituents is 1. The Bertz CT molecular complexity index is 885. The van der Waals surface area contributed by atoms with Gasteiger partial charge < -0.3 is 20.5 Å². The van der Waals surface area contributed by atoms with Gasteiger partial charge in [-0.1, -0.05) is 18.5 Å². The van der Waals surface area contributed by atoms with Crippen molar-refractivity contribution in [3.63, 3.8) is 0 Å². The van der Waals surface area contributed by atoms with E-state index in [1.165, 1.54) is 17.6 Å². The largest absolute Gasteiger partial charge is 0.505 e. The van der Waals surface area contributed by atoms with Crippen LogP contribution in [0.4, 0.5) is 17.1 Å². The molecule has 0 fully saturated rings. The van der Waals surface area contributed by atoms with Gasteiger partial charge in [-0.05, 0) is 37.4 Å². The predicted octanol–water partition coefficient (Wildman–Crippen LogP) is 3.11. The lowest BCUT2D eigenvalue weighted by Gasteiger charge is -2.22. The van der Waals surface area contributed by atoms with Crippen molar-refractivity contribution in [2.75, 3.05) is 38.0 Å². The Labute approximate surface area is 172 Å². The van der Waals surface area contributed by atoms with Gasteiger partial charge in [-0.2, -0.15) is 0 Å². The average Bonchev–Trinajstić information content (AvgIpc) is 2.70. The third-order valence-corrected chi connectivity index (χ3v) is 5.52. The van der Waals surface area contributed by atoms with Crippen LogP contribution in [0.15, 0.2) is 26.6 Å². The van der Waals surface area contributed by atoms with E-state index in [-0.39, 0.29) is 28.9 Å². The van der Waals surface area contributed by atoms with E-state index < -0.39 is 10.9 Å². The molecule has 28 heavy (non-hydrogen) atoms. The minimum atomic E-state index is -0.647. The maximum atomic E-state index is 12.1. The fourth-order valence-corrected chi connectivity index (χ4v) is 3.35. The Balaban J connectivity index is 2.27. The molecule has 10 heteroatoms. The van der Waals surface area contributed by atoms with Gasteiger partial charge in [-0.25, -0.2) is 0 Å². The van der Waals surface area contributed by atoms with Crippen LogP contribution in [-0.2, 0) is 9.57 Å². The number of anilines is 3. The molecule has 0 amide bonds. The van der Waals surface area contributed by atoms with E-state index >= 15 is 0 Å². The Kier molecular flexibility index (Phi) is 8.14. The number of halogens is 1.